The van der Waals surface area contributed by atoms with Gasteiger partial charge in [0, 0.05) is 24.9 Å². The average Bonchev–Trinajstić information content (AvgIpc) is 3.07. The van der Waals surface area contributed by atoms with Crippen LogP contribution in [0.5, 0.6) is 11.5 Å². The summed E-state index contributed by atoms with van der Waals surface area (Å²) in [6.07, 6.45) is 2.55. The van der Waals surface area contributed by atoms with Gasteiger partial charge in [-0.3, -0.25) is 9.78 Å². The number of aromatic nitrogens is 1. The Bertz CT molecular complexity index is 777. The molecular formula is C17H17N3O4. The number of amides is 1. The van der Waals surface area contributed by atoms with Crippen LogP contribution in [-0.2, 0) is 9.53 Å². The molecule has 1 aliphatic rings. The van der Waals surface area contributed by atoms with E-state index >= 15 is 0 Å². The van der Waals surface area contributed by atoms with E-state index in [9.17, 15) is 4.79 Å². The van der Waals surface area contributed by atoms with E-state index in [1.807, 2.05) is 0 Å². The van der Waals surface area contributed by atoms with Crippen molar-refractivity contribution in [1.29, 1.82) is 0 Å². The Morgan fingerprint density at radius 1 is 1.17 bits per heavy atom. The molecule has 0 fully saturated rings. The summed E-state index contributed by atoms with van der Waals surface area (Å²) >= 11 is 0. The molecule has 0 aliphatic carbocycles. The maximum Gasteiger partial charge on any atom is 0.243 e. The average molecular weight is 327 g/mol. The number of hydrogen-bond acceptors (Lipinski definition) is 6. The zero-order chi connectivity index (χ0) is 17.1. The quantitative estimate of drug-likeness (QED) is 0.862. The van der Waals surface area contributed by atoms with E-state index in [0.717, 1.165) is 5.56 Å². The number of carbonyl (C=O) groups excluding carboxylic acids is 1. The van der Waals surface area contributed by atoms with E-state index < -0.39 is 6.23 Å². The van der Waals surface area contributed by atoms with E-state index in [2.05, 4.69) is 10.1 Å². The molecule has 124 valence electrons. The molecule has 0 N–H and O–H groups in total. The molecule has 3 rings (SSSR count). The van der Waals surface area contributed by atoms with Crippen molar-refractivity contribution in [2.45, 2.75) is 13.2 Å². The molecule has 7 heteroatoms. The van der Waals surface area contributed by atoms with Crippen LogP contribution < -0.4 is 9.47 Å². The number of methoxy groups -OCH3 is 2. The largest absolute Gasteiger partial charge is 0.497 e. The third-order valence-electron chi connectivity index (χ3n) is 3.60. The molecule has 0 saturated carbocycles. The first kappa shape index (κ1) is 15.8. The first-order valence-electron chi connectivity index (χ1n) is 7.31. The van der Waals surface area contributed by atoms with E-state index in [1.165, 1.54) is 11.9 Å². The normalized spacial score (nSPS) is 16.4. The number of benzene rings is 1. The lowest BCUT2D eigenvalue weighted by Crippen LogP contribution is -2.25. The van der Waals surface area contributed by atoms with Crippen LogP contribution in [0.1, 0.15) is 24.3 Å². The van der Waals surface area contributed by atoms with E-state index in [4.69, 9.17) is 14.2 Å². The van der Waals surface area contributed by atoms with Crippen molar-refractivity contribution in [2.24, 2.45) is 5.10 Å². The number of carbonyl (C=O) groups is 1. The fraction of sp³-hybridized carbons (Fsp3) is 0.235. The summed E-state index contributed by atoms with van der Waals surface area (Å²) in [5.74, 6) is 1.32. The Morgan fingerprint density at radius 3 is 2.54 bits per heavy atom. The molecule has 2 heterocycles. The Morgan fingerprint density at radius 2 is 1.92 bits per heavy atom. The zero-order valence-corrected chi connectivity index (χ0v) is 13.6. The smallest absolute Gasteiger partial charge is 0.243 e. The molecule has 1 aromatic carbocycles. The molecule has 0 spiro atoms. The zero-order valence-electron chi connectivity index (χ0n) is 13.6. The van der Waals surface area contributed by atoms with Crippen LogP contribution in [0.2, 0.25) is 0 Å². The molecule has 1 aliphatic heterocycles. The fourth-order valence-electron chi connectivity index (χ4n) is 2.41. The molecule has 0 saturated heterocycles. The highest BCUT2D eigenvalue weighted by molar-refractivity contribution is 5.96. The van der Waals surface area contributed by atoms with Crippen LogP contribution in [-0.4, -0.2) is 36.0 Å². The number of nitrogens with zero attached hydrogens (tertiary/aromatic N) is 3. The Kier molecular flexibility index (Phi) is 4.33. The number of hydrogen-bond donors (Lipinski definition) is 0. The van der Waals surface area contributed by atoms with E-state index in [0.29, 0.717) is 23.0 Å². The second-order valence-electron chi connectivity index (χ2n) is 5.08. The molecule has 1 aromatic heterocycles. The lowest BCUT2D eigenvalue weighted by molar-refractivity contribution is -0.135. The van der Waals surface area contributed by atoms with Crippen LogP contribution >= 0.6 is 0 Å². The van der Waals surface area contributed by atoms with Gasteiger partial charge in [0.2, 0.25) is 18.0 Å². The van der Waals surface area contributed by atoms with Gasteiger partial charge in [0.25, 0.3) is 0 Å². The lowest BCUT2D eigenvalue weighted by atomic mass is 10.1. The van der Waals surface area contributed by atoms with Crippen molar-refractivity contribution in [3.05, 3.63) is 53.9 Å². The second kappa shape index (κ2) is 6.57. The third-order valence-corrected chi connectivity index (χ3v) is 3.60. The van der Waals surface area contributed by atoms with Gasteiger partial charge in [-0.15, -0.1) is 5.10 Å². The molecule has 1 unspecified atom stereocenters. The van der Waals surface area contributed by atoms with Crippen molar-refractivity contribution in [3.63, 3.8) is 0 Å². The summed E-state index contributed by atoms with van der Waals surface area (Å²) in [6, 6.07) is 8.84. The topological polar surface area (TPSA) is 73.2 Å². The van der Waals surface area contributed by atoms with Crippen molar-refractivity contribution in [2.75, 3.05) is 14.2 Å². The highest BCUT2D eigenvalue weighted by Gasteiger charge is 2.35. The summed E-state index contributed by atoms with van der Waals surface area (Å²) in [4.78, 5) is 16.0. The van der Waals surface area contributed by atoms with Gasteiger partial charge in [-0.05, 0) is 30.3 Å². The van der Waals surface area contributed by atoms with Crippen LogP contribution in [0.4, 0.5) is 0 Å². The van der Waals surface area contributed by atoms with Crippen molar-refractivity contribution >= 4 is 11.8 Å². The number of pyridine rings is 1. The third kappa shape index (κ3) is 2.88. The van der Waals surface area contributed by atoms with Gasteiger partial charge < -0.3 is 14.2 Å². The number of hydrazone groups is 1. The molecule has 0 bridgehead atoms. The van der Waals surface area contributed by atoms with Crippen LogP contribution in [0.15, 0.2) is 47.8 Å². The predicted octanol–water partition coefficient (Wildman–Crippen LogP) is 2.34. The summed E-state index contributed by atoms with van der Waals surface area (Å²) in [5.41, 5.74) is 1.39. The number of ether oxygens (including phenoxy) is 3. The summed E-state index contributed by atoms with van der Waals surface area (Å²) in [6.45, 7) is 1.43. The monoisotopic (exact) mass is 327 g/mol. The Hall–Kier alpha value is -3.09. The van der Waals surface area contributed by atoms with Gasteiger partial charge in [-0.2, -0.15) is 5.01 Å². The van der Waals surface area contributed by atoms with Gasteiger partial charge >= 0.3 is 0 Å². The molecular weight excluding hydrogens is 310 g/mol. The standard InChI is InChI=1S/C17H17N3O4/c1-11(21)20-17(14-10-13(22-2)4-5-15(14)23-3)24-16(19-20)12-6-8-18-9-7-12/h4-10,17H,1-3H3. The molecule has 1 amide bonds. The minimum atomic E-state index is -0.726. The van der Waals surface area contributed by atoms with Crippen molar-refractivity contribution < 1.29 is 19.0 Å². The van der Waals surface area contributed by atoms with Crippen molar-refractivity contribution in [3.8, 4) is 11.5 Å². The highest BCUT2D eigenvalue weighted by atomic mass is 16.5. The molecule has 2 aromatic rings. The molecule has 1 atom stereocenters. The van der Waals surface area contributed by atoms with E-state index in [1.54, 1.807) is 56.9 Å². The first-order chi connectivity index (χ1) is 11.6. The summed E-state index contributed by atoms with van der Waals surface area (Å²) in [5, 5.41) is 5.59. The van der Waals surface area contributed by atoms with Gasteiger partial charge in [0.15, 0.2) is 0 Å². The number of rotatable bonds is 4. The van der Waals surface area contributed by atoms with Crippen LogP contribution in [0, 0.1) is 0 Å². The van der Waals surface area contributed by atoms with Gasteiger partial charge in [-0.25, -0.2) is 0 Å². The Balaban J connectivity index is 2.01. The minimum Gasteiger partial charge on any atom is -0.497 e. The maximum atomic E-state index is 12.0. The predicted molar refractivity (Wildman–Crippen MR) is 86.7 cm³/mol. The molecule has 7 nitrogen and oxygen atoms in total. The Labute approximate surface area is 139 Å². The van der Waals surface area contributed by atoms with E-state index in [-0.39, 0.29) is 5.91 Å². The van der Waals surface area contributed by atoms with Gasteiger partial charge in [0.05, 0.1) is 19.8 Å². The maximum absolute atomic E-state index is 12.0. The summed E-state index contributed by atoms with van der Waals surface area (Å²) < 4.78 is 16.6. The fourth-order valence-corrected chi connectivity index (χ4v) is 2.41. The van der Waals surface area contributed by atoms with Gasteiger partial charge in [-0.1, -0.05) is 0 Å². The van der Waals surface area contributed by atoms with Crippen molar-refractivity contribution in [1.82, 2.24) is 9.99 Å². The van der Waals surface area contributed by atoms with Crippen LogP contribution in [0.3, 0.4) is 0 Å². The van der Waals surface area contributed by atoms with Gasteiger partial charge in [0.1, 0.15) is 11.5 Å². The molecule has 24 heavy (non-hydrogen) atoms. The second-order valence-corrected chi connectivity index (χ2v) is 5.08. The SMILES string of the molecule is COc1ccc(OC)c(C2OC(c3ccncc3)=NN2C(C)=O)c1. The van der Waals surface area contributed by atoms with Crippen LogP contribution in [0.25, 0.3) is 0 Å². The summed E-state index contributed by atoms with van der Waals surface area (Å²) in [7, 11) is 3.13. The minimum absolute atomic E-state index is 0.242. The highest BCUT2D eigenvalue weighted by Crippen LogP contribution is 2.37. The lowest BCUT2D eigenvalue weighted by Gasteiger charge is -2.21. The molecule has 0 radical (unpaired) electrons. The first-order valence-corrected chi connectivity index (χ1v) is 7.31.